The highest BCUT2D eigenvalue weighted by molar-refractivity contribution is 6.46. The first-order chi connectivity index (χ1) is 13.5. The quantitative estimate of drug-likeness (QED) is 0.270. The van der Waals surface area contributed by atoms with Crippen LogP contribution >= 0.6 is 0 Å². The van der Waals surface area contributed by atoms with Crippen molar-refractivity contribution in [2.24, 2.45) is 0 Å². The number of likely N-dealkylation sites (tertiary alicyclic amines) is 1. The summed E-state index contributed by atoms with van der Waals surface area (Å²) in [5.74, 6) is -1.95. The molecule has 28 heavy (non-hydrogen) atoms. The van der Waals surface area contributed by atoms with E-state index in [9.17, 15) is 24.8 Å². The summed E-state index contributed by atoms with van der Waals surface area (Å²) >= 11 is 0. The predicted molar refractivity (Wildman–Crippen MR) is 100 cm³/mol. The molecule has 0 radical (unpaired) electrons. The van der Waals surface area contributed by atoms with Crippen LogP contribution in [0.5, 0.6) is 0 Å². The second-order valence-electron chi connectivity index (χ2n) is 6.20. The number of nitro benzene ring substituents is 1. The Bertz CT molecular complexity index is 954. The van der Waals surface area contributed by atoms with Crippen molar-refractivity contribution < 1.29 is 24.4 Å². The van der Waals surface area contributed by atoms with Crippen LogP contribution in [0.15, 0.2) is 60.2 Å². The van der Waals surface area contributed by atoms with Gasteiger partial charge in [-0.05, 0) is 5.56 Å². The van der Waals surface area contributed by atoms with Gasteiger partial charge in [0.2, 0.25) is 0 Å². The van der Waals surface area contributed by atoms with Crippen molar-refractivity contribution in [3.63, 3.8) is 0 Å². The third kappa shape index (κ3) is 3.49. The van der Waals surface area contributed by atoms with Crippen LogP contribution in [0.2, 0.25) is 0 Å². The summed E-state index contributed by atoms with van der Waals surface area (Å²) in [5, 5.41) is 21.9. The van der Waals surface area contributed by atoms with Crippen molar-refractivity contribution in [2.75, 3.05) is 20.3 Å². The molecule has 1 aliphatic rings. The maximum absolute atomic E-state index is 12.7. The summed E-state index contributed by atoms with van der Waals surface area (Å²) < 4.78 is 5.02. The van der Waals surface area contributed by atoms with Crippen molar-refractivity contribution in [3.05, 3.63) is 81.4 Å². The Hall–Kier alpha value is -3.52. The standard InChI is InChI=1S/C20H18N2O6/c1-28-11-10-21-17(14-8-5-9-15(12-14)22(26)27)16(19(24)20(21)25)18(23)13-6-3-2-4-7-13/h2-9,12,17,23H,10-11H2,1H3/t17-/m1/s1. The normalized spacial score (nSPS) is 18.5. The zero-order chi connectivity index (χ0) is 20.3. The predicted octanol–water partition coefficient (Wildman–Crippen LogP) is 2.66. The molecule has 2 aromatic rings. The Labute approximate surface area is 160 Å². The van der Waals surface area contributed by atoms with Gasteiger partial charge >= 0.3 is 0 Å². The highest BCUT2D eigenvalue weighted by Gasteiger charge is 2.46. The minimum Gasteiger partial charge on any atom is -0.507 e. The molecule has 0 saturated carbocycles. The number of ketones is 1. The Morgan fingerprint density at radius 2 is 1.89 bits per heavy atom. The SMILES string of the molecule is COCCN1C(=O)C(=O)C(=C(O)c2ccccc2)[C@H]1c1cccc([N+](=O)[O-])c1. The summed E-state index contributed by atoms with van der Waals surface area (Å²) in [7, 11) is 1.46. The minimum absolute atomic E-state index is 0.0972. The van der Waals surface area contributed by atoms with E-state index >= 15 is 0 Å². The molecule has 1 saturated heterocycles. The molecule has 0 aliphatic carbocycles. The number of benzene rings is 2. The second-order valence-corrected chi connectivity index (χ2v) is 6.20. The second kappa shape index (κ2) is 8.01. The number of aliphatic hydroxyl groups excluding tert-OH is 1. The number of hydrogen-bond donors (Lipinski definition) is 1. The molecule has 8 nitrogen and oxygen atoms in total. The first kappa shape index (κ1) is 19.2. The summed E-state index contributed by atoms with van der Waals surface area (Å²) in [4.78, 5) is 37.2. The first-order valence-electron chi connectivity index (χ1n) is 8.52. The third-order valence-corrected chi connectivity index (χ3v) is 4.52. The van der Waals surface area contributed by atoms with Gasteiger partial charge in [-0.25, -0.2) is 0 Å². The van der Waals surface area contributed by atoms with Crippen molar-refractivity contribution in [1.82, 2.24) is 4.90 Å². The van der Waals surface area contributed by atoms with E-state index in [4.69, 9.17) is 4.74 Å². The molecule has 1 heterocycles. The average molecular weight is 382 g/mol. The maximum Gasteiger partial charge on any atom is 0.295 e. The van der Waals surface area contributed by atoms with Crippen molar-refractivity contribution >= 4 is 23.1 Å². The molecule has 1 N–H and O–H groups in total. The van der Waals surface area contributed by atoms with E-state index in [0.29, 0.717) is 11.1 Å². The van der Waals surface area contributed by atoms with Crippen LogP contribution in [0, 0.1) is 10.1 Å². The van der Waals surface area contributed by atoms with Gasteiger partial charge in [-0.2, -0.15) is 0 Å². The number of non-ortho nitro benzene ring substituents is 1. The van der Waals surface area contributed by atoms with E-state index in [2.05, 4.69) is 0 Å². The molecular formula is C20H18N2O6. The topological polar surface area (TPSA) is 110 Å². The van der Waals surface area contributed by atoms with E-state index in [1.807, 2.05) is 0 Å². The number of aliphatic hydroxyl groups is 1. The smallest absolute Gasteiger partial charge is 0.295 e. The molecule has 0 spiro atoms. The van der Waals surface area contributed by atoms with E-state index < -0.39 is 22.7 Å². The maximum atomic E-state index is 12.7. The van der Waals surface area contributed by atoms with Gasteiger partial charge in [0.05, 0.1) is 23.1 Å². The lowest BCUT2D eigenvalue weighted by Crippen LogP contribution is -2.32. The molecule has 2 aromatic carbocycles. The van der Waals surface area contributed by atoms with Crippen molar-refractivity contribution in [2.45, 2.75) is 6.04 Å². The van der Waals surface area contributed by atoms with Crippen LogP contribution < -0.4 is 0 Å². The lowest BCUT2D eigenvalue weighted by atomic mass is 9.95. The number of Topliss-reactive ketones (excluding diaryl/α,β-unsaturated/α-hetero) is 1. The van der Waals surface area contributed by atoms with Gasteiger partial charge < -0.3 is 14.7 Å². The number of nitro groups is 1. The lowest BCUT2D eigenvalue weighted by molar-refractivity contribution is -0.384. The van der Waals surface area contributed by atoms with Gasteiger partial charge in [-0.3, -0.25) is 19.7 Å². The molecule has 8 heteroatoms. The summed E-state index contributed by atoms with van der Waals surface area (Å²) in [5.41, 5.74) is 0.465. The Morgan fingerprint density at radius 3 is 2.54 bits per heavy atom. The Balaban J connectivity index is 2.18. The van der Waals surface area contributed by atoms with Crippen LogP contribution in [0.3, 0.4) is 0 Å². The number of ether oxygens (including phenoxy) is 1. The van der Waals surface area contributed by atoms with E-state index in [-0.39, 0.29) is 30.2 Å². The molecular weight excluding hydrogens is 364 g/mol. The van der Waals surface area contributed by atoms with Crippen LogP contribution in [0.4, 0.5) is 5.69 Å². The fourth-order valence-electron chi connectivity index (χ4n) is 3.21. The van der Waals surface area contributed by atoms with Gasteiger partial charge in [0.25, 0.3) is 17.4 Å². The Morgan fingerprint density at radius 1 is 1.18 bits per heavy atom. The zero-order valence-electron chi connectivity index (χ0n) is 15.1. The molecule has 0 bridgehead atoms. The van der Waals surface area contributed by atoms with Crippen LogP contribution in [-0.2, 0) is 14.3 Å². The number of methoxy groups -OCH3 is 1. The van der Waals surface area contributed by atoms with E-state index in [0.717, 1.165) is 0 Å². The summed E-state index contributed by atoms with van der Waals surface area (Å²) in [6.07, 6.45) is 0. The number of carbonyl (C=O) groups is 2. The molecule has 144 valence electrons. The number of amides is 1. The van der Waals surface area contributed by atoms with Gasteiger partial charge in [0.1, 0.15) is 5.76 Å². The molecule has 0 unspecified atom stereocenters. The highest BCUT2D eigenvalue weighted by Crippen LogP contribution is 2.39. The zero-order valence-corrected chi connectivity index (χ0v) is 15.1. The Kier molecular flexibility index (Phi) is 5.51. The van der Waals surface area contributed by atoms with Gasteiger partial charge in [0, 0.05) is 31.4 Å². The highest BCUT2D eigenvalue weighted by atomic mass is 16.6. The minimum atomic E-state index is -0.949. The van der Waals surface area contributed by atoms with Crippen LogP contribution in [0.1, 0.15) is 17.2 Å². The van der Waals surface area contributed by atoms with E-state index in [1.54, 1.807) is 36.4 Å². The largest absolute Gasteiger partial charge is 0.507 e. The van der Waals surface area contributed by atoms with Gasteiger partial charge in [-0.1, -0.05) is 42.5 Å². The van der Waals surface area contributed by atoms with E-state index in [1.165, 1.54) is 30.2 Å². The molecule has 1 aliphatic heterocycles. The molecule has 0 aromatic heterocycles. The number of hydrogen-bond acceptors (Lipinski definition) is 6. The fraction of sp³-hybridized carbons (Fsp3) is 0.200. The van der Waals surface area contributed by atoms with Gasteiger partial charge in [-0.15, -0.1) is 0 Å². The first-order valence-corrected chi connectivity index (χ1v) is 8.52. The van der Waals surface area contributed by atoms with Crippen LogP contribution in [-0.4, -0.2) is 46.9 Å². The number of carbonyl (C=O) groups excluding carboxylic acids is 2. The number of nitrogens with zero attached hydrogens (tertiary/aromatic N) is 2. The molecule has 1 fully saturated rings. The number of rotatable bonds is 6. The lowest BCUT2D eigenvalue weighted by Gasteiger charge is -2.24. The summed E-state index contributed by atoms with van der Waals surface area (Å²) in [6.45, 7) is 0.268. The summed E-state index contributed by atoms with van der Waals surface area (Å²) in [6, 6.07) is 13.1. The molecule has 1 atom stereocenters. The third-order valence-electron chi connectivity index (χ3n) is 4.52. The average Bonchev–Trinajstić information content (AvgIpc) is 2.97. The van der Waals surface area contributed by atoms with Gasteiger partial charge in [0.15, 0.2) is 0 Å². The molecule has 1 amide bonds. The monoisotopic (exact) mass is 382 g/mol. The van der Waals surface area contributed by atoms with Crippen LogP contribution in [0.25, 0.3) is 5.76 Å². The van der Waals surface area contributed by atoms with Crippen molar-refractivity contribution in [3.8, 4) is 0 Å². The fourth-order valence-corrected chi connectivity index (χ4v) is 3.21. The molecule has 3 rings (SSSR count). The van der Waals surface area contributed by atoms with Crippen molar-refractivity contribution in [1.29, 1.82) is 0 Å².